The van der Waals surface area contributed by atoms with Crippen molar-refractivity contribution in [3.05, 3.63) is 29.5 Å². The minimum Gasteiger partial charge on any atom is -0.454 e. The average molecular weight is 341 g/mol. The molecule has 0 N–H and O–H groups in total. The summed E-state index contributed by atoms with van der Waals surface area (Å²) in [5, 5.41) is 4.38. The summed E-state index contributed by atoms with van der Waals surface area (Å²) in [5.41, 5.74) is 3.23. The van der Waals surface area contributed by atoms with Crippen molar-refractivity contribution >= 4 is 0 Å². The molecule has 0 amide bonds. The average Bonchev–Trinajstić information content (AvgIpc) is 3.27. The van der Waals surface area contributed by atoms with Gasteiger partial charge in [0.2, 0.25) is 6.79 Å². The van der Waals surface area contributed by atoms with Gasteiger partial charge in [0.05, 0.1) is 0 Å². The molecule has 0 bridgehead atoms. The van der Waals surface area contributed by atoms with E-state index < -0.39 is 0 Å². The Hall–Kier alpha value is -2.05. The number of benzene rings is 1. The van der Waals surface area contributed by atoms with Crippen molar-refractivity contribution in [2.45, 2.75) is 31.8 Å². The quantitative estimate of drug-likeness (QED) is 0.837. The maximum absolute atomic E-state index is 5.66. The van der Waals surface area contributed by atoms with E-state index in [4.69, 9.17) is 14.0 Å². The summed E-state index contributed by atoms with van der Waals surface area (Å²) in [6.45, 7) is 4.66. The first-order valence-corrected chi connectivity index (χ1v) is 9.08. The van der Waals surface area contributed by atoms with E-state index in [1.54, 1.807) is 0 Å². The molecule has 0 radical (unpaired) electrons. The van der Waals surface area contributed by atoms with E-state index in [0.29, 0.717) is 12.8 Å². The van der Waals surface area contributed by atoms with Crippen LogP contribution in [0.4, 0.5) is 0 Å². The van der Waals surface area contributed by atoms with Gasteiger partial charge >= 0.3 is 0 Å². The fraction of sp³-hybridized carbons (Fsp3) is 0.526. The van der Waals surface area contributed by atoms with E-state index in [9.17, 15) is 0 Å². The van der Waals surface area contributed by atoms with Gasteiger partial charge in [-0.1, -0.05) is 5.16 Å². The van der Waals surface area contributed by atoms with Gasteiger partial charge in [-0.05, 0) is 51.2 Å². The van der Waals surface area contributed by atoms with Crippen LogP contribution in [-0.4, -0.2) is 54.5 Å². The maximum Gasteiger partial charge on any atom is 0.231 e. The van der Waals surface area contributed by atoms with E-state index in [0.717, 1.165) is 48.0 Å². The Morgan fingerprint density at radius 3 is 2.80 bits per heavy atom. The van der Waals surface area contributed by atoms with Crippen LogP contribution in [0.25, 0.3) is 11.3 Å². The molecule has 1 aromatic heterocycles. The molecule has 0 aliphatic carbocycles. The molecule has 1 aromatic carbocycles. The monoisotopic (exact) mass is 341 g/mol. The number of rotatable bonds is 2. The first-order chi connectivity index (χ1) is 12.3. The van der Waals surface area contributed by atoms with Crippen LogP contribution in [-0.2, 0) is 13.0 Å². The van der Waals surface area contributed by atoms with Crippen LogP contribution in [0.1, 0.15) is 24.2 Å². The summed E-state index contributed by atoms with van der Waals surface area (Å²) in [7, 11) is 2.21. The topological polar surface area (TPSA) is 51.0 Å². The van der Waals surface area contributed by atoms with Crippen LogP contribution in [0.15, 0.2) is 22.7 Å². The molecule has 0 unspecified atom stereocenters. The van der Waals surface area contributed by atoms with Gasteiger partial charge in [-0.3, -0.25) is 4.90 Å². The molecular formula is C19H23N3O3. The number of hydrogen-bond donors (Lipinski definition) is 0. The van der Waals surface area contributed by atoms with Gasteiger partial charge < -0.3 is 18.9 Å². The molecule has 3 aliphatic rings. The van der Waals surface area contributed by atoms with Gasteiger partial charge in [-0.15, -0.1) is 0 Å². The molecule has 3 aliphatic heterocycles. The third kappa shape index (κ3) is 2.69. The van der Waals surface area contributed by atoms with Crippen LogP contribution in [0.5, 0.6) is 11.5 Å². The van der Waals surface area contributed by atoms with E-state index >= 15 is 0 Å². The first kappa shape index (κ1) is 15.2. The summed E-state index contributed by atoms with van der Waals surface area (Å²) in [6, 6.07) is 6.68. The smallest absolute Gasteiger partial charge is 0.231 e. The lowest BCUT2D eigenvalue weighted by molar-refractivity contribution is 0.106. The van der Waals surface area contributed by atoms with Gasteiger partial charge in [0.15, 0.2) is 11.5 Å². The van der Waals surface area contributed by atoms with Crippen LogP contribution in [0.2, 0.25) is 0 Å². The number of piperidine rings is 1. The molecular weight excluding hydrogens is 318 g/mol. The fourth-order valence-corrected chi connectivity index (χ4v) is 4.17. The minimum absolute atomic E-state index is 0.291. The van der Waals surface area contributed by atoms with Crippen LogP contribution < -0.4 is 9.47 Å². The largest absolute Gasteiger partial charge is 0.454 e. The van der Waals surface area contributed by atoms with Gasteiger partial charge in [0.25, 0.3) is 0 Å². The summed E-state index contributed by atoms with van der Waals surface area (Å²) in [5.74, 6) is 2.63. The molecule has 0 atom stereocenters. The third-order valence-electron chi connectivity index (χ3n) is 5.71. The predicted octanol–water partition coefficient (Wildman–Crippen LogP) is 2.52. The number of hydrogen-bond acceptors (Lipinski definition) is 6. The Bertz CT molecular complexity index is 780. The lowest BCUT2D eigenvalue weighted by Gasteiger charge is -2.38. The molecule has 6 nitrogen and oxygen atoms in total. The summed E-state index contributed by atoms with van der Waals surface area (Å²) < 4.78 is 16.6. The Balaban J connectivity index is 1.41. The van der Waals surface area contributed by atoms with Crippen LogP contribution in [0, 0.1) is 0 Å². The molecule has 0 spiro atoms. The Labute approximate surface area is 147 Å². The van der Waals surface area contributed by atoms with E-state index in [1.807, 2.05) is 18.2 Å². The molecule has 1 saturated heterocycles. The summed E-state index contributed by atoms with van der Waals surface area (Å²) in [6.07, 6.45) is 3.44. The molecule has 2 aromatic rings. The number of likely N-dealkylation sites (tertiary alicyclic amines) is 1. The second kappa shape index (κ2) is 6.04. The molecule has 4 heterocycles. The molecule has 25 heavy (non-hydrogen) atoms. The minimum atomic E-state index is 0.291. The highest BCUT2D eigenvalue weighted by molar-refractivity contribution is 5.67. The molecule has 1 fully saturated rings. The zero-order valence-electron chi connectivity index (χ0n) is 14.5. The summed E-state index contributed by atoms with van der Waals surface area (Å²) in [4.78, 5) is 5.03. The Kier molecular flexibility index (Phi) is 3.68. The van der Waals surface area contributed by atoms with Gasteiger partial charge in [0, 0.05) is 36.7 Å². The van der Waals surface area contributed by atoms with Crippen molar-refractivity contribution in [1.29, 1.82) is 0 Å². The van der Waals surface area contributed by atoms with Crippen molar-refractivity contribution in [3.8, 4) is 22.8 Å². The summed E-state index contributed by atoms with van der Waals surface area (Å²) >= 11 is 0. The van der Waals surface area contributed by atoms with Gasteiger partial charge in [-0.25, -0.2) is 0 Å². The first-order valence-electron chi connectivity index (χ1n) is 9.08. The third-order valence-corrected chi connectivity index (χ3v) is 5.71. The Morgan fingerprint density at radius 1 is 1.08 bits per heavy atom. The predicted molar refractivity (Wildman–Crippen MR) is 92.7 cm³/mol. The SMILES string of the molecule is CN1CCC(N2CCc3onc(-c4ccc5c(c4)OCO5)c3C2)CC1. The second-order valence-electron chi connectivity index (χ2n) is 7.26. The highest BCUT2D eigenvalue weighted by Crippen LogP contribution is 2.38. The molecule has 5 rings (SSSR count). The molecule has 132 valence electrons. The van der Waals surface area contributed by atoms with Crippen molar-refractivity contribution in [3.63, 3.8) is 0 Å². The number of ether oxygens (including phenoxy) is 2. The lowest BCUT2D eigenvalue weighted by Crippen LogP contribution is -2.45. The van der Waals surface area contributed by atoms with E-state index in [-0.39, 0.29) is 0 Å². The second-order valence-corrected chi connectivity index (χ2v) is 7.26. The zero-order valence-corrected chi connectivity index (χ0v) is 14.5. The normalized spacial score (nSPS) is 21.5. The standard InChI is InChI=1S/C19H23N3O3/c1-21-7-4-14(5-8-21)22-9-6-16-15(11-22)19(20-25-16)13-2-3-17-18(10-13)24-12-23-17/h2-3,10,14H,4-9,11-12H2,1H3. The van der Waals surface area contributed by atoms with Crippen LogP contribution in [0.3, 0.4) is 0 Å². The van der Waals surface area contributed by atoms with Gasteiger partial charge in [0.1, 0.15) is 11.5 Å². The van der Waals surface area contributed by atoms with E-state index in [1.165, 1.54) is 31.5 Å². The highest BCUT2D eigenvalue weighted by atomic mass is 16.7. The number of fused-ring (bicyclic) bond motifs is 2. The van der Waals surface area contributed by atoms with Crippen molar-refractivity contribution in [2.75, 3.05) is 33.5 Å². The van der Waals surface area contributed by atoms with Gasteiger partial charge in [-0.2, -0.15) is 0 Å². The number of nitrogens with zero attached hydrogens (tertiary/aromatic N) is 3. The highest BCUT2D eigenvalue weighted by Gasteiger charge is 2.30. The maximum atomic E-state index is 5.66. The Morgan fingerprint density at radius 2 is 1.92 bits per heavy atom. The van der Waals surface area contributed by atoms with Crippen molar-refractivity contribution in [2.24, 2.45) is 0 Å². The lowest BCUT2D eigenvalue weighted by atomic mass is 9.97. The fourth-order valence-electron chi connectivity index (χ4n) is 4.17. The van der Waals surface area contributed by atoms with Crippen molar-refractivity contribution in [1.82, 2.24) is 15.0 Å². The zero-order chi connectivity index (χ0) is 16.8. The van der Waals surface area contributed by atoms with Crippen molar-refractivity contribution < 1.29 is 14.0 Å². The van der Waals surface area contributed by atoms with Crippen LogP contribution >= 0.6 is 0 Å². The number of aromatic nitrogens is 1. The van der Waals surface area contributed by atoms with E-state index in [2.05, 4.69) is 22.0 Å². The molecule has 6 heteroatoms. The molecule has 0 saturated carbocycles.